The van der Waals surface area contributed by atoms with Crippen LogP contribution in [0.2, 0.25) is 0 Å². The number of rotatable bonds is 8. The van der Waals surface area contributed by atoms with Crippen molar-refractivity contribution in [3.63, 3.8) is 0 Å². The molecule has 0 N–H and O–H groups in total. The number of para-hydroxylation sites is 1. The molecular formula is C20H21BrN2O6. The average Bonchev–Trinajstić information content (AvgIpc) is 2.72. The van der Waals surface area contributed by atoms with Crippen LogP contribution in [0.1, 0.15) is 35.7 Å². The topological polar surface area (TPSA) is 99.0 Å². The van der Waals surface area contributed by atoms with E-state index in [1.165, 1.54) is 25.3 Å². The quantitative estimate of drug-likeness (QED) is 0.233. The number of nitro benzene ring substituents is 1. The molecule has 2 rings (SSSR count). The molecule has 1 amide bonds. The molecule has 0 atom stereocenters. The van der Waals surface area contributed by atoms with Crippen LogP contribution in [0, 0.1) is 10.1 Å². The highest BCUT2D eigenvalue weighted by molar-refractivity contribution is 9.10. The molecule has 2 aromatic carbocycles. The Kier molecular flexibility index (Phi) is 8.14. The maximum Gasteiger partial charge on any atom is 0.414 e. The van der Waals surface area contributed by atoms with Crippen LogP contribution in [0.4, 0.5) is 16.2 Å². The van der Waals surface area contributed by atoms with Crippen LogP contribution in [-0.4, -0.2) is 30.7 Å². The number of anilines is 1. The predicted octanol–water partition coefficient (Wildman–Crippen LogP) is 5.09. The van der Waals surface area contributed by atoms with Gasteiger partial charge in [0.05, 0.1) is 30.7 Å². The Morgan fingerprint density at radius 3 is 2.45 bits per heavy atom. The van der Waals surface area contributed by atoms with Crippen LogP contribution < -0.4 is 4.90 Å². The lowest BCUT2D eigenvalue weighted by Gasteiger charge is -2.24. The van der Waals surface area contributed by atoms with Crippen molar-refractivity contribution < 1.29 is 24.0 Å². The second-order valence-electron chi connectivity index (χ2n) is 6.10. The third kappa shape index (κ3) is 5.77. The predicted molar refractivity (Wildman–Crippen MR) is 111 cm³/mol. The zero-order chi connectivity index (χ0) is 21.4. The second kappa shape index (κ2) is 10.6. The fraction of sp³-hybridized carbons (Fsp3) is 0.300. The van der Waals surface area contributed by atoms with Crippen molar-refractivity contribution >= 4 is 39.4 Å². The van der Waals surface area contributed by atoms with Crippen LogP contribution in [0.15, 0.2) is 46.9 Å². The Bertz CT molecular complexity index is 885. The zero-order valence-corrected chi connectivity index (χ0v) is 17.7. The van der Waals surface area contributed by atoms with E-state index in [0.717, 1.165) is 15.8 Å². The number of ether oxygens (including phenoxy) is 2. The molecule has 2 aromatic rings. The first-order valence-corrected chi connectivity index (χ1v) is 9.72. The molecule has 29 heavy (non-hydrogen) atoms. The molecule has 0 saturated heterocycles. The fourth-order valence-corrected chi connectivity index (χ4v) is 2.89. The summed E-state index contributed by atoms with van der Waals surface area (Å²) in [5.41, 5.74) is 0.0621. The third-order valence-electron chi connectivity index (χ3n) is 4.08. The molecular weight excluding hydrogens is 444 g/mol. The highest BCUT2D eigenvalue weighted by atomic mass is 79.9. The summed E-state index contributed by atoms with van der Waals surface area (Å²) in [6.07, 6.45) is 0.693. The smallest absolute Gasteiger partial charge is 0.414 e. The van der Waals surface area contributed by atoms with Crippen LogP contribution in [0.3, 0.4) is 0 Å². The van der Waals surface area contributed by atoms with Crippen molar-refractivity contribution in [3.05, 3.63) is 68.2 Å². The van der Waals surface area contributed by atoms with Gasteiger partial charge >= 0.3 is 12.1 Å². The van der Waals surface area contributed by atoms with Gasteiger partial charge in [-0.1, -0.05) is 47.5 Å². The monoisotopic (exact) mass is 464 g/mol. The Labute approximate surface area is 176 Å². The van der Waals surface area contributed by atoms with Gasteiger partial charge < -0.3 is 9.47 Å². The lowest BCUT2D eigenvalue weighted by molar-refractivity contribution is -0.384. The summed E-state index contributed by atoms with van der Waals surface area (Å²) in [7, 11) is 1.17. The Morgan fingerprint density at radius 1 is 1.17 bits per heavy atom. The van der Waals surface area contributed by atoms with E-state index in [1.54, 1.807) is 24.3 Å². The van der Waals surface area contributed by atoms with Crippen LogP contribution in [0.5, 0.6) is 0 Å². The van der Waals surface area contributed by atoms with Gasteiger partial charge in [0.2, 0.25) is 0 Å². The minimum atomic E-state index is -0.786. The summed E-state index contributed by atoms with van der Waals surface area (Å²) in [5, 5.41) is 11.6. The molecule has 0 bridgehead atoms. The van der Waals surface area contributed by atoms with Gasteiger partial charge in [-0.15, -0.1) is 0 Å². The SMILES string of the molecule is CCCCOC(=O)N(Cc1ccc(Br)cc1)c1c(C(=O)OC)cccc1[N+](=O)[O-]. The van der Waals surface area contributed by atoms with Crippen LogP contribution >= 0.6 is 15.9 Å². The number of benzene rings is 2. The maximum absolute atomic E-state index is 12.8. The highest BCUT2D eigenvalue weighted by Crippen LogP contribution is 2.34. The molecule has 8 nitrogen and oxygen atoms in total. The van der Waals surface area contributed by atoms with E-state index >= 15 is 0 Å². The molecule has 0 heterocycles. The van der Waals surface area contributed by atoms with Crippen molar-refractivity contribution in [1.29, 1.82) is 0 Å². The van der Waals surface area contributed by atoms with E-state index in [1.807, 2.05) is 6.92 Å². The molecule has 9 heteroatoms. The first-order valence-electron chi connectivity index (χ1n) is 8.93. The summed E-state index contributed by atoms with van der Waals surface area (Å²) < 4.78 is 10.9. The minimum Gasteiger partial charge on any atom is -0.465 e. The van der Waals surface area contributed by atoms with Gasteiger partial charge in [0.1, 0.15) is 5.69 Å². The number of esters is 1. The lowest BCUT2D eigenvalue weighted by Crippen LogP contribution is -2.33. The Morgan fingerprint density at radius 2 is 1.86 bits per heavy atom. The van der Waals surface area contributed by atoms with E-state index in [0.29, 0.717) is 12.0 Å². The summed E-state index contributed by atoms with van der Waals surface area (Å²) in [6.45, 7) is 2.10. The van der Waals surface area contributed by atoms with Crippen molar-refractivity contribution in [2.24, 2.45) is 0 Å². The number of halogens is 1. The van der Waals surface area contributed by atoms with Crippen molar-refractivity contribution in [3.8, 4) is 0 Å². The Balaban J connectivity index is 2.56. The highest BCUT2D eigenvalue weighted by Gasteiger charge is 2.31. The van der Waals surface area contributed by atoms with Crippen LogP contribution in [0.25, 0.3) is 0 Å². The lowest BCUT2D eigenvalue weighted by atomic mass is 10.1. The summed E-state index contributed by atoms with van der Waals surface area (Å²) >= 11 is 3.34. The van der Waals surface area contributed by atoms with E-state index in [2.05, 4.69) is 15.9 Å². The van der Waals surface area contributed by atoms with Gasteiger partial charge in [-0.3, -0.25) is 15.0 Å². The number of amides is 1. The first kappa shape index (κ1) is 22.4. The van der Waals surface area contributed by atoms with Gasteiger partial charge in [0, 0.05) is 10.5 Å². The van der Waals surface area contributed by atoms with Crippen molar-refractivity contribution in [1.82, 2.24) is 0 Å². The Hall–Kier alpha value is -2.94. The molecule has 0 radical (unpaired) electrons. The fourth-order valence-electron chi connectivity index (χ4n) is 2.63. The largest absolute Gasteiger partial charge is 0.465 e. The molecule has 0 aliphatic rings. The number of hydrogen-bond acceptors (Lipinski definition) is 6. The standard InChI is InChI=1S/C20H21BrN2O6/c1-3-4-12-29-20(25)22(13-14-8-10-15(21)11-9-14)18-16(19(24)28-2)6-5-7-17(18)23(26)27/h5-11H,3-4,12-13H2,1-2H3. The van der Waals surface area contributed by atoms with Gasteiger partial charge in [-0.05, 0) is 30.2 Å². The van der Waals surface area contributed by atoms with Crippen LogP contribution in [-0.2, 0) is 16.0 Å². The number of nitrogens with zero attached hydrogens (tertiary/aromatic N) is 2. The van der Waals surface area contributed by atoms with E-state index in [4.69, 9.17) is 9.47 Å². The molecule has 154 valence electrons. The summed E-state index contributed by atoms with van der Waals surface area (Å²) in [5.74, 6) is -0.786. The van der Waals surface area contributed by atoms with Gasteiger partial charge in [0.15, 0.2) is 0 Å². The van der Waals surface area contributed by atoms with Gasteiger partial charge in [-0.2, -0.15) is 0 Å². The number of carbonyl (C=O) groups is 2. The van der Waals surface area contributed by atoms with Gasteiger partial charge in [0.25, 0.3) is 5.69 Å². The molecule has 0 fully saturated rings. The molecule has 0 saturated carbocycles. The molecule has 0 unspecified atom stereocenters. The molecule has 0 spiro atoms. The van der Waals surface area contributed by atoms with E-state index in [-0.39, 0.29) is 24.4 Å². The summed E-state index contributed by atoms with van der Waals surface area (Å²) in [6, 6.07) is 11.1. The van der Waals surface area contributed by atoms with Gasteiger partial charge in [-0.25, -0.2) is 9.59 Å². The maximum atomic E-state index is 12.8. The normalized spacial score (nSPS) is 10.3. The minimum absolute atomic E-state index is 0.0207. The molecule has 0 aromatic heterocycles. The molecule has 0 aliphatic carbocycles. The first-order chi connectivity index (χ1) is 13.9. The number of hydrogen-bond donors (Lipinski definition) is 0. The number of methoxy groups -OCH3 is 1. The third-order valence-corrected chi connectivity index (χ3v) is 4.61. The summed E-state index contributed by atoms with van der Waals surface area (Å²) in [4.78, 5) is 37.2. The van der Waals surface area contributed by atoms with E-state index < -0.39 is 22.7 Å². The number of unbranched alkanes of at least 4 members (excludes halogenated alkanes) is 1. The van der Waals surface area contributed by atoms with Crippen molar-refractivity contribution in [2.45, 2.75) is 26.3 Å². The number of nitro groups is 1. The average molecular weight is 465 g/mol. The van der Waals surface area contributed by atoms with E-state index in [9.17, 15) is 19.7 Å². The second-order valence-corrected chi connectivity index (χ2v) is 7.02. The molecule has 0 aliphatic heterocycles. The van der Waals surface area contributed by atoms with Crippen molar-refractivity contribution in [2.75, 3.05) is 18.6 Å². The zero-order valence-electron chi connectivity index (χ0n) is 16.1. The number of carbonyl (C=O) groups excluding carboxylic acids is 2.